The smallest absolute Gasteiger partial charge is 0.163 e. The van der Waals surface area contributed by atoms with Crippen molar-refractivity contribution in [3.05, 3.63) is 59.4 Å². The van der Waals surface area contributed by atoms with E-state index in [4.69, 9.17) is 4.74 Å². The maximum atomic E-state index is 13.0. The lowest BCUT2D eigenvalue weighted by Crippen LogP contribution is -1.97. The van der Waals surface area contributed by atoms with E-state index in [1.54, 1.807) is 37.3 Å². The zero-order valence-electron chi connectivity index (χ0n) is 10.2. The van der Waals surface area contributed by atoms with Gasteiger partial charge >= 0.3 is 0 Å². The van der Waals surface area contributed by atoms with E-state index >= 15 is 0 Å². The molecule has 0 aliphatic rings. The van der Waals surface area contributed by atoms with E-state index in [0.717, 1.165) is 0 Å². The van der Waals surface area contributed by atoms with Crippen LogP contribution in [0.25, 0.3) is 0 Å². The second kappa shape index (κ2) is 5.00. The van der Waals surface area contributed by atoms with Crippen LogP contribution in [0, 0.1) is 12.7 Å². The first-order valence-corrected chi connectivity index (χ1v) is 5.62. The lowest BCUT2D eigenvalue weighted by Gasteiger charge is -2.11. The molecule has 0 bridgehead atoms. The van der Waals surface area contributed by atoms with Crippen LogP contribution in [-0.4, -0.2) is 5.78 Å². The van der Waals surface area contributed by atoms with Gasteiger partial charge in [0.05, 0.1) is 5.56 Å². The van der Waals surface area contributed by atoms with Gasteiger partial charge in [-0.3, -0.25) is 4.79 Å². The van der Waals surface area contributed by atoms with E-state index in [2.05, 4.69) is 0 Å². The molecule has 2 rings (SSSR count). The standard InChI is InChI=1S/C15H13FO2/c1-10-9-12(16)7-8-14(10)18-15-6-4-3-5-13(15)11(2)17/h3-9H,1-2H3. The largest absolute Gasteiger partial charge is 0.456 e. The second-order valence-electron chi connectivity index (χ2n) is 4.06. The molecule has 92 valence electrons. The number of carbonyl (C=O) groups is 1. The van der Waals surface area contributed by atoms with Crippen molar-refractivity contribution in [3.63, 3.8) is 0 Å². The number of ketones is 1. The average molecular weight is 244 g/mol. The Labute approximate surface area is 105 Å². The Hall–Kier alpha value is -2.16. The SMILES string of the molecule is CC(=O)c1ccccc1Oc1ccc(F)cc1C. The fourth-order valence-corrected chi connectivity index (χ4v) is 1.69. The number of carbonyl (C=O) groups excluding carboxylic acids is 1. The molecule has 2 aromatic carbocycles. The summed E-state index contributed by atoms with van der Waals surface area (Å²) >= 11 is 0. The molecule has 3 heteroatoms. The molecule has 0 aliphatic carbocycles. The molecule has 0 aliphatic heterocycles. The summed E-state index contributed by atoms with van der Waals surface area (Å²) in [5, 5.41) is 0. The molecule has 0 aromatic heterocycles. The van der Waals surface area contributed by atoms with Crippen molar-refractivity contribution in [2.45, 2.75) is 13.8 Å². The highest BCUT2D eigenvalue weighted by Gasteiger charge is 2.09. The van der Waals surface area contributed by atoms with Gasteiger partial charge in [0.2, 0.25) is 0 Å². The number of hydrogen-bond acceptors (Lipinski definition) is 2. The Bertz CT molecular complexity index is 591. The van der Waals surface area contributed by atoms with Gasteiger partial charge in [0.15, 0.2) is 5.78 Å². The molecule has 0 N–H and O–H groups in total. The van der Waals surface area contributed by atoms with Crippen LogP contribution in [0.4, 0.5) is 4.39 Å². The van der Waals surface area contributed by atoms with Gasteiger partial charge in [0, 0.05) is 0 Å². The first-order chi connectivity index (χ1) is 8.58. The molecule has 0 saturated carbocycles. The van der Waals surface area contributed by atoms with Crippen molar-refractivity contribution in [2.75, 3.05) is 0 Å². The summed E-state index contributed by atoms with van der Waals surface area (Å²) in [6.45, 7) is 3.24. The van der Waals surface area contributed by atoms with Crippen molar-refractivity contribution in [1.82, 2.24) is 0 Å². The Morgan fingerprint density at radius 2 is 1.83 bits per heavy atom. The normalized spacial score (nSPS) is 10.2. The summed E-state index contributed by atoms with van der Waals surface area (Å²) in [6.07, 6.45) is 0. The first kappa shape index (κ1) is 12.3. The summed E-state index contributed by atoms with van der Waals surface area (Å²) in [6, 6.07) is 11.3. The van der Waals surface area contributed by atoms with Crippen LogP contribution < -0.4 is 4.74 Å². The topological polar surface area (TPSA) is 26.3 Å². The predicted molar refractivity (Wildman–Crippen MR) is 67.7 cm³/mol. The molecular formula is C15H13FO2. The number of hydrogen-bond donors (Lipinski definition) is 0. The Kier molecular flexibility index (Phi) is 3.42. The summed E-state index contributed by atoms with van der Waals surface area (Å²) in [5.74, 6) is 0.662. The van der Waals surface area contributed by atoms with Gasteiger partial charge in [0.25, 0.3) is 0 Å². The molecule has 0 unspecified atom stereocenters. The molecule has 0 heterocycles. The number of ether oxygens (including phenoxy) is 1. The summed E-state index contributed by atoms with van der Waals surface area (Å²) < 4.78 is 18.7. The molecule has 0 atom stereocenters. The van der Waals surface area contributed by atoms with E-state index in [1.165, 1.54) is 19.1 Å². The van der Waals surface area contributed by atoms with E-state index in [9.17, 15) is 9.18 Å². The molecule has 2 nitrogen and oxygen atoms in total. The minimum absolute atomic E-state index is 0.0645. The van der Waals surface area contributed by atoms with Crippen LogP contribution in [0.1, 0.15) is 22.8 Å². The number of Topliss-reactive ketones (excluding diaryl/α,β-unsaturated/α-hetero) is 1. The fourth-order valence-electron chi connectivity index (χ4n) is 1.69. The van der Waals surface area contributed by atoms with Crippen molar-refractivity contribution < 1.29 is 13.9 Å². The molecule has 0 radical (unpaired) electrons. The average Bonchev–Trinajstić information content (AvgIpc) is 2.33. The Morgan fingerprint density at radius 3 is 2.50 bits per heavy atom. The lowest BCUT2D eigenvalue weighted by atomic mass is 10.1. The third-order valence-electron chi connectivity index (χ3n) is 2.62. The van der Waals surface area contributed by atoms with Gasteiger partial charge in [0.1, 0.15) is 17.3 Å². The number of para-hydroxylation sites is 1. The third kappa shape index (κ3) is 2.56. The molecule has 0 amide bonds. The van der Waals surface area contributed by atoms with E-state index in [0.29, 0.717) is 22.6 Å². The van der Waals surface area contributed by atoms with Gasteiger partial charge in [-0.2, -0.15) is 0 Å². The third-order valence-corrected chi connectivity index (χ3v) is 2.62. The van der Waals surface area contributed by atoms with Crippen LogP contribution in [0.2, 0.25) is 0 Å². The fraction of sp³-hybridized carbons (Fsp3) is 0.133. The summed E-state index contributed by atoms with van der Waals surface area (Å²) in [4.78, 5) is 11.5. The van der Waals surface area contributed by atoms with E-state index < -0.39 is 0 Å². The van der Waals surface area contributed by atoms with Crippen LogP contribution in [0.15, 0.2) is 42.5 Å². The number of aryl methyl sites for hydroxylation is 1. The van der Waals surface area contributed by atoms with E-state index in [-0.39, 0.29) is 11.6 Å². The number of halogens is 1. The van der Waals surface area contributed by atoms with Crippen molar-refractivity contribution >= 4 is 5.78 Å². The van der Waals surface area contributed by atoms with Gasteiger partial charge in [-0.25, -0.2) is 4.39 Å². The maximum absolute atomic E-state index is 13.0. The van der Waals surface area contributed by atoms with Crippen LogP contribution in [0.5, 0.6) is 11.5 Å². The zero-order chi connectivity index (χ0) is 13.1. The highest BCUT2D eigenvalue weighted by Crippen LogP contribution is 2.28. The van der Waals surface area contributed by atoms with Crippen molar-refractivity contribution in [3.8, 4) is 11.5 Å². The second-order valence-corrected chi connectivity index (χ2v) is 4.06. The molecule has 0 spiro atoms. The van der Waals surface area contributed by atoms with Crippen LogP contribution in [-0.2, 0) is 0 Å². The molecule has 0 fully saturated rings. The first-order valence-electron chi connectivity index (χ1n) is 5.62. The minimum atomic E-state index is -0.306. The lowest BCUT2D eigenvalue weighted by molar-refractivity contribution is 0.101. The number of rotatable bonds is 3. The van der Waals surface area contributed by atoms with Crippen LogP contribution >= 0.6 is 0 Å². The Balaban J connectivity index is 2.37. The van der Waals surface area contributed by atoms with Crippen LogP contribution in [0.3, 0.4) is 0 Å². The van der Waals surface area contributed by atoms with E-state index in [1.807, 2.05) is 0 Å². The van der Waals surface area contributed by atoms with Gasteiger partial charge in [-0.15, -0.1) is 0 Å². The summed E-state index contributed by atoms with van der Waals surface area (Å²) in [7, 11) is 0. The summed E-state index contributed by atoms with van der Waals surface area (Å²) in [5.41, 5.74) is 1.20. The highest BCUT2D eigenvalue weighted by atomic mass is 19.1. The molecule has 18 heavy (non-hydrogen) atoms. The maximum Gasteiger partial charge on any atom is 0.163 e. The van der Waals surface area contributed by atoms with Crippen molar-refractivity contribution in [2.24, 2.45) is 0 Å². The van der Waals surface area contributed by atoms with Gasteiger partial charge in [-0.05, 0) is 49.7 Å². The molecular weight excluding hydrogens is 231 g/mol. The predicted octanol–water partition coefficient (Wildman–Crippen LogP) is 4.13. The van der Waals surface area contributed by atoms with Gasteiger partial charge in [-0.1, -0.05) is 12.1 Å². The Morgan fingerprint density at radius 1 is 1.11 bits per heavy atom. The molecule has 0 saturated heterocycles. The van der Waals surface area contributed by atoms with Gasteiger partial charge < -0.3 is 4.74 Å². The highest BCUT2D eigenvalue weighted by molar-refractivity contribution is 5.96. The monoisotopic (exact) mass is 244 g/mol. The quantitative estimate of drug-likeness (QED) is 0.759. The molecule has 2 aromatic rings. The zero-order valence-corrected chi connectivity index (χ0v) is 10.2. The number of benzene rings is 2. The minimum Gasteiger partial charge on any atom is -0.456 e. The van der Waals surface area contributed by atoms with Crippen molar-refractivity contribution in [1.29, 1.82) is 0 Å².